The van der Waals surface area contributed by atoms with Gasteiger partial charge in [0.1, 0.15) is 0 Å². The second-order valence-electron chi connectivity index (χ2n) is 27.5. The molecule has 0 radical (unpaired) electrons. The minimum atomic E-state index is -2.63. The van der Waals surface area contributed by atoms with E-state index in [0.29, 0.717) is 62.1 Å². The van der Waals surface area contributed by atoms with Gasteiger partial charge in [-0.15, -0.1) is 0 Å². The lowest BCUT2D eigenvalue weighted by Crippen LogP contribution is -1.99. The number of rotatable bonds is 15. The fourth-order valence-corrected chi connectivity index (χ4v) is 12.2. The van der Waals surface area contributed by atoms with Crippen LogP contribution in [0.1, 0.15) is 172 Å². The van der Waals surface area contributed by atoms with E-state index in [1.165, 1.54) is 85.8 Å². The lowest BCUT2D eigenvalue weighted by molar-refractivity contribution is 0.0573. The number of nitrogens with zero attached hydrogens (tertiary/aromatic N) is 15. The zero-order valence-corrected chi connectivity index (χ0v) is 60.4. The Balaban J connectivity index is 0.000000121. The van der Waals surface area contributed by atoms with Crippen LogP contribution in [0.3, 0.4) is 0 Å². The molecule has 0 N–H and O–H groups in total. The van der Waals surface area contributed by atoms with Gasteiger partial charge in [-0.25, -0.2) is 9.36 Å². The molecule has 15 aromatic rings. The number of alkyl halides is 4. The molecule has 1 aliphatic rings. The van der Waals surface area contributed by atoms with E-state index in [0.717, 1.165) is 74.0 Å². The van der Waals surface area contributed by atoms with E-state index in [4.69, 9.17) is 0 Å². The van der Waals surface area contributed by atoms with Crippen LogP contribution in [-0.2, 0) is 13.1 Å². The maximum absolute atomic E-state index is 12.8. The first-order valence-corrected chi connectivity index (χ1v) is 35.4. The Morgan fingerprint density at radius 1 is 0.359 bits per heavy atom. The highest BCUT2D eigenvalue weighted by Gasteiger charge is 2.26. The molecule has 0 aliphatic heterocycles. The summed E-state index contributed by atoms with van der Waals surface area (Å²) in [7, 11) is 0. The lowest BCUT2D eigenvalue weighted by atomic mass is 10.0. The Hall–Kier alpha value is -11.1. The average Bonchev–Trinajstić information content (AvgIpc) is 1.65. The van der Waals surface area contributed by atoms with Gasteiger partial charge in [0, 0.05) is 111 Å². The van der Waals surface area contributed by atoms with Gasteiger partial charge >= 0.3 is 13.1 Å². The Bertz CT molecular complexity index is 5110. The molecule has 103 heavy (non-hydrogen) atoms. The minimum absolute atomic E-state index is 0.414. The number of halogens is 4. The maximum atomic E-state index is 12.8. The number of pyridine rings is 5. The largest absolute Gasteiger partial charge is 0.333 e. The van der Waals surface area contributed by atoms with E-state index < -0.39 is 13.1 Å². The summed E-state index contributed by atoms with van der Waals surface area (Å²) in [4.78, 5) is 22.3. The number of aryl methyl sites for hydroxylation is 2. The molecule has 0 unspecified atom stereocenters. The third-order valence-corrected chi connectivity index (χ3v) is 18.5. The number of benzene rings is 5. The van der Waals surface area contributed by atoms with Crippen LogP contribution in [0.25, 0.3) is 111 Å². The molecule has 10 aromatic heterocycles. The van der Waals surface area contributed by atoms with Crippen molar-refractivity contribution >= 4 is 54.5 Å². The lowest BCUT2D eigenvalue weighted by Gasteiger charge is -2.08. The summed E-state index contributed by atoms with van der Waals surface area (Å²) in [6.07, 6.45) is 20.6. The molecule has 1 saturated carbocycles. The monoisotopic (exact) mass is 1380 g/mol. The Morgan fingerprint density at radius 2 is 0.718 bits per heavy atom. The SMILES string of the molecule is CC(C)c1ccnc(-c2ccc3c(cnn3C(F)F)c2)c1.CC(C)c1ccnc(-c2ccc3c(cnn3C3CC3)c2)c1.CC(C)c1ccnc(-c2ccc3nn(C(F)F)cc3c2)c1.CCn1cc2cc(-c3cc(C(C)C)ccn3)ccc2n1.CCn1ncc2cc(-c3cc(C(C)C)ccn3)ccc21. The first kappa shape index (κ1) is 71.7. The van der Waals surface area contributed by atoms with Crippen LogP contribution in [0.4, 0.5) is 17.6 Å². The minimum Gasteiger partial charge on any atom is -0.272 e. The van der Waals surface area contributed by atoms with Gasteiger partial charge in [-0.05, 0) is 205 Å². The molecule has 15 nitrogen and oxygen atoms in total. The standard InChI is InChI=1S/C18H19N3.2C17H19N3.2C16H15F2N3/c1-12(2)13-7-8-19-17(10-13)14-3-6-18-15(9-14)11-20-21(18)16-4-5-16;1-4-20-17-6-5-14(9-15(17)11-19-20)16-10-13(12(2)3)7-8-18-16;1-4-20-11-15-9-14(5-6-16(15)19-20)17-10-13(12(2)3)7-8-18-17;1-10(2)11-5-6-19-14(8-11)12-3-4-15-13(7-12)9-20-21(15)16(17)18;1-10(2)11-5-6-19-15(8-11)12-3-4-14-13(7-12)9-21(20-14)16(17)18/h3,6-12,16H,4-5H2,1-2H3;2*5-12H,4H2,1-3H3;2*3-10,16H,1-2H3. The fourth-order valence-electron chi connectivity index (χ4n) is 12.2. The highest BCUT2D eigenvalue weighted by Crippen LogP contribution is 2.38. The van der Waals surface area contributed by atoms with Crippen molar-refractivity contribution in [2.75, 3.05) is 0 Å². The molecule has 16 rings (SSSR count). The van der Waals surface area contributed by atoms with Gasteiger partial charge in [-0.3, -0.25) is 39.0 Å². The summed E-state index contributed by atoms with van der Waals surface area (Å²) in [5, 5.41) is 25.9. The number of hydrogen-bond donors (Lipinski definition) is 0. The second kappa shape index (κ2) is 31.9. The average molecular weight is 1380 g/mol. The summed E-state index contributed by atoms with van der Waals surface area (Å²) >= 11 is 0. The van der Waals surface area contributed by atoms with Crippen LogP contribution in [0.15, 0.2) is 214 Å². The number of fused-ring (bicyclic) bond motifs is 5. The molecule has 0 bridgehead atoms. The fraction of sp³-hybridized carbons (Fsp3) is 0.286. The van der Waals surface area contributed by atoms with Crippen molar-refractivity contribution in [2.24, 2.45) is 0 Å². The van der Waals surface area contributed by atoms with Crippen molar-refractivity contribution in [3.05, 3.63) is 241 Å². The van der Waals surface area contributed by atoms with Gasteiger partial charge in [0.25, 0.3) is 0 Å². The number of hydrogen-bond acceptors (Lipinski definition) is 10. The second-order valence-corrected chi connectivity index (χ2v) is 27.5. The normalized spacial score (nSPS) is 12.3. The maximum Gasteiger partial charge on any atom is 0.333 e. The van der Waals surface area contributed by atoms with Crippen LogP contribution in [0, 0.1) is 0 Å². The van der Waals surface area contributed by atoms with Gasteiger partial charge in [0.05, 0.1) is 80.7 Å². The van der Waals surface area contributed by atoms with E-state index in [2.05, 4.69) is 235 Å². The predicted octanol–water partition coefficient (Wildman–Crippen LogP) is 22.3. The van der Waals surface area contributed by atoms with E-state index in [1.54, 1.807) is 30.6 Å². The molecule has 0 amide bonds. The summed E-state index contributed by atoms with van der Waals surface area (Å²) in [6.45, 7) is 22.4. The van der Waals surface area contributed by atoms with Crippen LogP contribution < -0.4 is 0 Å². The van der Waals surface area contributed by atoms with Crippen LogP contribution in [0.2, 0.25) is 0 Å². The molecular weight excluding hydrogens is 1300 g/mol. The number of aromatic nitrogens is 15. The molecule has 526 valence electrons. The van der Waals surface area contributed by atoms with E-state index in [9.17, 15) is 17.6 Å². The Labute approximate surface area is 598 Å². The van der Waals surface area contributed by atoms with Gasteiger partial charge in [-0.2, -0.15) is 43.1 Å². The predicted molar refractivity (Wildman–Crippen MR) is 407 cm³/mol. The Kier molecular flexibility index (Phi) is 22.2. The third-order valence-electron chi connectivity index (χ3n) is 18.5. The molecule has 19 heteroatoms. The van der Waals surface area contributed by atoms with E-state index >= 15 is 0 Å². The molecule has 0 atom stereocenters. The topological polar surface area (TPSA) is 154 Å². The zero-order valence-electron chi connectivity index (χ0n) is 60.4. The summed E-state index contributed by atoms with van der Waals surface area (Å²) < 4.78 is 58.4. The van der Waals surface area contributed by atoms with Crippen molar-refractivity contribution < 1.29 is 17.6 Å². The van der Waals surface area contributed by atoms with Crippen LogP contribution >= 0.6 is 0 Å². The van der Waals surface area contributed by atoms with Gasteiger partial charge in [0.2, 0.25) is 0 Å². The summed E-state index contributed by atoms with van der Waals surface area (Å²) in [6, 6.07) is 51.5. The van der Waals surface area contributed by atoms with Gasteiger partial charge in [-0.1, -0.05) is 99.6 Å². The molecule has 5 aromatic carbocycles. The highest BCUT2D eigenvalue weighted by atomic mass is 19.3. The molecule has 10 heterocycles. The van der Waals surface area contributed by atoms with Crippen LogP contribution in [0.5, 0.6) is 0 Å². The van der Waals surface area contributed by atoms with Crippen molar-refractivity contribution in [1.82, 2.24) is 73.8 Å². The van der Waals surface area contributed by atoms with E-state index in [-0.39, 0.29) is 0 Å². The third kappa shape index (κ3) is 17.0. The molecule has 1 aliphatic carbocycles. The quantitative estimate of drug-likeness (QED) is 0.0906. The zero-order chi connectivity index (χ0) is 72.6. The van der Waals surface area contributed by atoms with Crippen molar-refractivity contribution in [3.63, 3.8) is 0 Å². The van der Waals surface area contributed by atoms with E-state index in [1.807, 2.05) is 82.8 Å². The molecular formula is C84H87F4N15. The highest BCUT2D eigenvalue weighted by molar-refractivity contribution is 5.88. The first-order valence-electron chi connectivity index (χ1n) is 35.4. The van der Waals surface area contributed by atoms with Crippen molar-refractivity contribution in [2.45, 2.75) is 158 Å². The molecule has 1 fully saturated rings. The Morgan fingerprint density at radius 3 is 1.12 bits per heavy atom. The first-order chi connectivity index (χ1) is 49.7. The summed E-state index contributed by atoms with van der Waals surface area (Å²) in [5.74, 6) is 2.38. The van der Waals surface area contributed by atoms with Crippen LogP contribution in [-0.4, -0.2) is 73.8 Å². The molecule has 0 saturated heterocycles. The van der Waals surface area contributed by atoms with Gasteiger partial charge in [0.15, 0.2) is 0 Å². The van der Waals surface area contributed by atoms with Crippen molar-refractivity contribution in [1.29, 1.82) is 0 Å². The molecule has 0 spiro atoms. The van der Waals surface area contributed by atoms with Gasteiger partial charge < -0.3 is 0 Å². The summed E-state index contributed by atoms with van der Waals surface area (Å²) in [5.41, 5.74) is 20.8. The smallest absolute Gasteiger partial charge is 0.272 e. The van der Waals surface area contributed by atoms with Crippen molar-refractivity contribution in [3.8, 4) is 56.3 Å².